The molecule has 0 spiro atoms. The van der Waals surface area contributed by atoms with Gasteiger partial charge >= 0.3 is 0 Å². The molecule has 0 aliphatic heterocycles. The van der Waals surface area contributed by atoms with Gasteiger partial charge in [-0.25, -0.2) is 0 Å². The zero-order valence-corrected chi connectivity index (χ0v) is 12.4. The molecular weight excluding hydrogens is 236 g/mol. The lowest BCUT2D eigenvalue weighted by Gasteiger charge is -2.22. The zero-order valence-electron chi connectivity index (χ0n) is 12.4. The summed E-state index contributed by atoms with van der Waals surface area (Å²) < 4.78 is 0. The van der Waals surface area contributed by atoms with Crippen molar-refractivity contribution in [2.24, 2.45) is 0 Å². The highest BCUT2D eigenvalue weighted by Gasteiger charge is 2.14. The first kappa shape index (κ1) is 15.7. The van der Waals surface area contributed by atoms with Gasteiger partial charge in [0.2, 0.25) is 5.91 Å². The summed E-state index contributed by atoms with van der Waals surface area (Å²) in [5, 5.41) is 3.39. The average Bonchev–Trinajstić information content (AvgIpc) is 2.45. The third-order valence-corrected chi connectivity index (χ3v) is 3.40. The van der Waals surface area contributed by atoms with Crippen LogP contribution in [0.4, 0.5) is 0 Å². The van der Waals surface area contributed by atoms with Crippen LogP contribution in [0, 0.1) is 0 Å². The molecule has 3 nitrogen and oxygen atoms in total. The Balaban J connectivity index is 2.58. The van der Waals surface area contributed by atoms with E-state index in [1.807, 2.05) is 36.9 Å². The first-order valence-electron chi connectivity index (χ1n) is 7.28. The second-order valence-corrected chi connectivity index (χ2v) is 4.70. The number of carbonyl (C=O) groups is 1. The van der Waals surface area contributed by atoms with Crippen LogP contribution in [0.2, 0.25) is 0 Å². The smallest absolute Gasteiger partial charge is 0.236 e. The van der Waals surface area contributed by atoms with E-state index in [2.05, 4.69) is 24.4 Å². The van der Waals surface area contributed by atoms with Gasteiger partial charge in [0, 0.05) is 19.1 Å². The Labute approximate surface area is 117 Å². The van der Waals surface area contributed by atoms with E-state index in [-0.39, 0.29) is 11.9 Å². The quantitative estimate of drug-likeness (QED) is 0.781. The SMILES string of the molecule is CCCC(NCC(=O)N(CC)CC)c1ccccc1. The summed E-state index contributed by atoms with van der Waals surface area (Å²) in [6.45, 7) is 8.18. The molecule has 19 heavy (non-hydrogen) atoms. The Bertz CT molecular complexity index is 360. The molecule has 0 radical (unpaired) electrons. The third-order valence-electron chi connectivity index (χ3n) is 3.40. The van der Waals surface area contributed by atoms with Gasteiger partial charge in [0.15, 0.2) is 0 Å². The largest absolute Gasteiger partial charge is 0.342 e. The van der Waals surface area contributed by atoms with Crippen molar-refractivity contribution in [3.63, 3.8) is 0 Å². The minimum Gasteiger partial charge on any atom is -0.342 e. The lowest BCUT2D eigenvalue weighted by atomic mass is 10.0. The standard InChI is InChI=1S/C16H26N2O/c1-4-10-15(14-11-8-7-9-12-14)17-13-16(19)18(5-2)6-3/h7-9,11-12,15,17H,4-6,10,13H2,1-3H3. The normalized spacial score (nSPS) is 12.2. The predicted molar refractivity (Wildman–Crippen MR) is 80.0 cm³/mol. The lowest BCUT2D eigenvalue weighted by molar-refractivity contribution is -0.130. The van der Waals surface area contributed by atoms with Crippen molar-refractivity contribution in [2.75, 3.05) is 19.6 Å². The van der Waals surface area contributed by atoms with Gasteiger partial charge in [-0.2, -0.15) is 0 Å². The number of hydrogen-bond donors (Lipinski definition) is 1. The summed E-state index contributed by atoms with van der Waals surface area (Å²) in [7, 11) is 0. The molecule has 0 saturated carbocycles. The van der Waals surface area contributed by atoms with Crippen molar-refractivity contribution < 1.29 is 4.79 Å². The topological polar surface area (TPSA) is 32.3 Å². The number of carbonyl (C=O) groups excluding carboxylic acids is 1. The molecule has 1 unspecified atom stereocenters. The highest BCUT2D eigenvalue weighted by molar-refractivity contribution is 5.78. The number of nitrogens with one attached hydrogen (secondary N) is 1. The number of likely N-dealkylation sites (N-methyl/N-ethyl adjacent to an activating group) is 1. The average molecular weight is 262 g/mol. The van der Waals surface area contributed by atoms with Gasteiger partial charge in [0.1, 0.15) is 0 Å². The summed E-state index contributed by atoms with van der Waals surface area (Å²) in [5.41, 5.74) is 1.26. The second-order valence-electron chi connectivity index (χ2n) is 4.70. The maximum absolute atomic E-state index is 12.0. The number of hydrogen-bond acceptors (Lipinski definition) is 2. The molecule has 1 aromatic carbocycles. The first-order chi connectivity index (χ1) is 9.22. The molecule has 0 saturated heterocycles. The fraction of sp³-hybridized carbons (Fsp3) is 0.562. The van der Waals surface area contributed by atoms with Crippen LogP contribution in [0.25, 0.3) is 0 Å². The fourth-order valence-corrected chi connectivity index (χ4v) is 2.26. The van der Waals surface area contributed by atoms with Gasteiger partial charge in [-0.05, 0) is 25.8 Å². The van der Waals surface area contributed by atoms with E-state index in [1.165, 1.54) is 5.56 Å². The second kappa shape index (κ2) is 8.70. The van der Waals surface area contributed by atoms with E-state index in [9.17, 15) is 4.79 Å². The molecule has 1 N–H and O–H groups in total. The van der Waals surface area contributed by atoms with Crippen molar-refractivity contribution in [3.8, 4) is 0 Å². The van der Waals surface area contributed by atoms with Crippen LogP contribution in [0.1, 0.15) is 45.2 Å². The van der Waals surface area contributed by atoms with Crippen molar-refractivity contribution in [3.05, 3.63) is 35.9 Å². The summed E-state index contributed by atoms with van der Waals surface area (Å²) in [4.78, 5) is 13.9. The van der Waals surface area contributed by atoms with Gasteiger partial charge < -0.3 is 10.2 Å². The Kier molecular flexibility index (Phi) is 7.19. The van der Waals surface area contributed by atoms with Gasteiger partial charge in [0.25, 0.3) is 0 Å². The van der Waals surface area contributed by atoms with E-state index in [0.29, 0.717) is 6.54 Å². The van der Waals surface area contributed by atoms with Gasteiger partial charge in [-0.15, -0.1) is 0 Å². The van der Waals surface area contributed by atoms with Crippen LogP contribution in [-0.2, 0) is 4.79 Å². The van der Waals surface area contributed by atoms with Crippen molar-refractivity contribution in [1.82, 2.24) is 10.2 Å². The van der Waals surface area contributed by atoms with Crippen LogP contribution in [0.3, 0.4) is 0 Å². The minimum absolute atomic E-state index is 0.182. The Morgan fingerprint density at radius 3 is 2.32 bits per heavy atom. The molecule has 1 atom stereocenters. The van der Waals surface area contributed by atoms with Gasteiger partial charge in [-0.3, -0.25) is 4.79 Å². The lowest BCUT2D eigenvalue weighted by Crippen LogP contribution is -2.39. The van der Waals surface area contributed by atoms with E-state index >= 15 is 0 Å². The van der Waals surface area contributed by atoms with Crippen LogP contribution < -0.4 is 5.32 Å². The number of nitrogens with zero attached hydrogens (tertiary/aromatic N) is 1. The van der Waals surface area contributed by atoms with Crippen molar-refractivity contribution in [1.29, 1.82) is 0 Å². The highest BCUT2D eigenvalue weighted by Crippen LogP contribution is 2.17. The zero-order chi connectivity index (χ0) is 14.1. The summed E-state index contributed by atoms with van der Waals surface area (Å²) >= 11 is 0. The van der Waals surface area contributed by atoms with Crippen molar-refractivity contribution >= 4 is 5.91 Å². The van der Waals surface area contributed by atoms with E-state index in [4.69, 9.17) is 0 Å². The van der Waals surface area contributed by atoms with Crippen LogP contribution in [0.15, 0.2) is 30.3 Å². The molecule has 0 heterocycles. The Morgan fingerprint density at radius 1 is 1.16 bits per heavy atom. The van der Waals surface area contributed by atoms with Gasteiger partial charge in [0.05, 0.1) is 6.54 Å². The van der Waals surface area contributed by atoms with Crippen LogP contribution >= 0.6 is 0 Å². The van der Waals surface area contributed by atoms with Crippen LogP contribution in [0.5, 0.6) is 0 Å². The molecule has 1 amide bonds. The molecule has 0 aliphatic carbocycles. The minimum atomic E-state index is 0.182. The molecule has 0 aliphatic rings. The highest BCUT2D eigenvalue weighted by atomic mass is 16.2. The van der Waals surface area contributed by atoms with E-state index in [1.54, 1.807) is 0 Å². The number of rotatable bonds is 8. The number of benzene rings is 1. The Hall–Kier alpha value is -1.35. The molecule has 1 rings (SSSR count). The van der Waals surface area contributed by atoms with E-state index < -0.39 is 0 Å². The maximum Gasteiger partial charge on any atom is 0.236 e. The first-order valence-corrected chi connectivity index (χ1v) is 7.28. The third kappa shape index (κ3) is 5.03. The Morgan fingerprint density at radius 2 is 1.79 bits per heavy atom. The van der Waals surface area contributed by atoms with Crippen LogP contribution in [-0.4, -0.2) is 30.4 Å². The summed E-state index contributed by atoms with van der Waals surface area (Å²) in [5.74, 6) is 0.182. The summed E-state index contributed by atoms with van der Waals surface area (Å²) in [6, 6.07) is 10.6. The maximum atomic E-state index is 12.0. The molecule has 106 valence electrons. The van der Waals surface area contributed by atoms with Crippen molar-refractivity contribution in [2.45, 2.75) is 39.7 Å². The summed E-state index contributed by atoms with van der Waals surface area (Å²) in [6.07, 6.45) is 2.15. The molecule has 0 fully saturated rings. The molecule has 0 bridgehead atoms. The van der Waals surface area contributed by atoms with Gasteiger partial charge in [-0.1, -0.05) is 43.7 Å². The molecule has 0 aromatic heterocycles. The predicted octanol–water partition coefficient (Wildman–Crippen LogP) is 2.99. The number of amides is 1. The fourth-order valence-electron chi connectivity index (χ4n) is 2.26. The van der Waals surface area contributed by atoms with E-state index in [0.717, 1.165) is 25.9 Å². The monoisotopic (exact) mass is 262 g/mol. The molecule has 1 aromatic rings. The molecular formula is C16H26N2O. The molecule has 3 heteroatoms.